The summed E-state index contributed by atoms with van der Waals surface area (Å²) in [5, 5.41) is 7.28. The van der Waals surface area contributed by atoms with Gasteiger partial charge in [-0.15, -0.1) is 35.3 Å². The topological polar surface area (TPSA) is 52.6 Å². The fraction of sp³-hybridized carbons (Fsp3) is 0.474. The molecule has 9 heteroatoms. The molecule has 0 amide bonds. The van der Waals surface area contributed by atoms with E-state index in [9.17, 15) is 8.78 Å². The molecule has 0 spiro atoms. The Hall–Kier alpha value is -1.33. The maximum absolute atomic E-state index is 14.2. The largest absolute Gasteiger partial charge is 0.357 e. The van der Waals surface area contributed by atoms with Gasteiger partial charge in [0.1, 0.15) is 16.6 Å². The third-order valence-electron chi connectivity index (χ3n) is 4.21. The summed E-state index contributed by atoms with van der Waals surface area (Å²) >= 11 is 1.62. The van der Waals surface area contributed by atoms with Gasteiger partial charge in [0.2, 0.25) is 0 Å². The van der Waals surface area contributed by atoms with Crippen LogP contribution in [0.4, 0.5) is 8.78 Å². The van der Waals surface area contributed by atoms with Crippen LogP contribution in [0.1, 0.15) is 34.1 Å². The number of hydrogen-bond donors (Lipinski definition) is 2. The third-order valence-corrected chi connectivity index (χ3v) is 5.27. The Morgan fingerprint density at radius 3 is 2.36 bits per heavy atom. The molecule has 0 saturated carbocycles. The molecule has 2 rings (SSSR count). The second kappa shape index (κ2) is 11.6. The Kier molecular flexibility index (Phi) is 10.3. The van der Waals surface area contributed by atoms with E-state index in [1.165, 1.54) is 23.1 Å². The maximum Gasteiger partial charge on any atom is 0.191 e. The van der Waals surface area contributed by atoms with Crippen LogP contribution in [0, 0.1) is 25.5 Å². The number of aromatic nitrogens is 1. The highest BCUT2D eigenvalue weighted by atomic mass is 127. The van der Waals surface area contributed by atoms with Crippen LogP contribution in [-0.2, 0) is 6.54 Å². The number of likely N-dealkylation sites (N-methyl/N-ethyl adjacent to an activating group) is 1. The number of aliphatic imine (C=N–C) groups is 1. The molecule has 0 radical (unpaired) electrons. The number of thiazole rings is 1. The summed E-state index contributed by atoms with van der Waals surface area (Å²) in [5.41, 5.74) is 1.07. The van der Waals surface area contributed by atoms with Crippen molar-refractivity contribution in [1.29, 1.82) is 0 Å². The number of guanidine groups is 1. The van der Waals surface area contributed by atoms with Crippen molar-refractivity contribution in [3.63, 3.8) is 0 Å². The van der Waals surface area contributed by atoms with Crippen LogP contribution >= 0.6 is 35.3 Å². The summed E-state index contributed by atoms with van der Waals surface area (Å²) in [5.74, 6) is -0.510. The molecule has 1 atom stereocenters. The Balaban J connectivity index is 0.00000392. The molecular formula is C19H28F2IN5S. The summed E-state index contributed by atoms with van der Waals surface area (Å²) < 4.78 is 28.4. The minimum atomic E-state index is -0.550. The predicted molar refractivity (Wildman–Crippen MR) is 123 cm³/mol. The molecule has 1 aromatic carbocycles. The second-order valence-corrected chi connectivity index (χ2v) is 7.73. The van der Waals surface area contributed by atoms with Crippen molar-refractivity contribution in [3.8, 4) is 0 Å². The maximum atomic E-state index is 14.2. The first-order valence-corrected chi connectivity index (χ1v) is 9.70. The molecule has 28 heavy (non-hydrogen) atoms. The Labute approximate surface area is 186 Å². The molecule has 2 aromatic rings. The van der Waals surface area contributed by atoms with Gasteiger partial charge in [-0.1, -0.05) is 6.07 Å². The van der Waals surface area contributed by atoms with Gasteiger partial charge in [0.05, 0.1) is 18.3 Å². The zero-order valence-electron chi connectivity index (χ0n) is 16.8. The van der Waals surface area contributed by atoms with Gasteiger partial charge < -0.3 is 15.5 Å². The molecule has 5 nitrogen and oxygen atoms in total. The summed E-state index contributed by atoms with van der Waals surface area (Å²) in [6.07, 6.45) is 0. The predicted octanol–water partition coefficient (Wildman–Crippen LogP) is 4.01. The van der Waals surface area contributed by atoms with E-state index < -0.39 is 17.7 Å². The van der Waals surface area contributed by atoms with Gasteiger partial charge >= 0.3 is 0 Å². The summed E-state index contributed by atoms with van der Waals surface area (Å²) in [6, 6.07) is 3.46. The van der Waals surface area contributed by atoms with Gasteiger partial charge in [0, 0.05) is 23.5 Å². The van der Waals surface area contributed by atoms with Gasteiger partial charge in [-0.2, -0.15) is 0 Å². The van der Waals surface area contributed by atoms with E-state index in [1.54, 1.807) is 30.3 Å². The van der Waals surface area contributed by atoms with Crippen LogP contribution in [0.5, 0.6) is 0 Å². The normalized spacial score (nSPS) is 12.6. The molecule has 0 aliphatic heterocycles. The minimum Gasteiger partial charge on any atom is -0.357 e. The molecule has 1 aromatic heterocycles. The number of rotatable bonds is 7. The van der Waals surface area contributed by atoms with Gasteiger partial charge in [0.25, 0.3) is 0 Å². The summed E-state index contributed by atoms with van der Waals surface area (Å²) in [7, 11) is 3.59. The highest BCUT2D eigenvalue weighted by molar-refractivity contribution is 14.0. The second-order valence-electron chi connectivity index (χ2n) is 6.44. The fourth-order valence-corrected chi connectivity index (χ4v) is 3.52. The van der Waals surface area contributed by atoms with Crippen LogP contribution in [0.25, 0.3) is 0 Å². The molecule has 1 heterocycles. The van der Waals surface area contributed by atoms with Crippen molar-refractivity contribution in [2.75, 3.05) is 27.2 Å². The Morgan fingerprint density at radius 2 is 1.86 bits per heavy atom. The van der Waals surface area contributed by atoms with Crippen LogP contribution in [-0.4, -0.2) is 43.0 Å². The zero-order valence-corrected chi connectivity index (χ0v) is 20.0. The van der Waals surface area contributed by atoms with Gasteiger partial charge in [-0.05, 0) is 47.0 Å². The molecule has 0 fully saturated rings. The van der Waals surface area contributed by atoms with Gasteiger partial charge in [0.15, 0.2) is 5.96 Å². The quantitative estimate of drug-likeness (QED) is 0.327. The van der Waals surface area contributed by atoms with Gasteiger partial charge in [-0.25, -0.2) is 18.8 Å². The van der Waals surface area contributed by atoms with E-state index in [0.717, 1.165) is 10.7 Å². The molecular weight excluding hydrogens is 495 g/mol. The van der Waals surface area contributed by atoms with E-state index in [2.05, 4.69) is 20.6 Å². The molecule has 0 saturated heterocycles. The van der Waals surface area contributed by atoms with Crippen LogP contribution in [0.3, 0.4) is 0 Å². The van der Waals surface area contributed by atoms with E-state index in [0.29, 0.717) is 25.6 Å². The minimum absolute atomic E-state index is 0. The fourth-order valence-electron chi connectivity index (χ4n) is 2.66. The first kappa shape index (κ1) is 24.7. The van der Waals surface area contributed by atoms with Crippen LogP contribution < -0.4 is 10.6 Å². The first-order valence-electron chi connectivity index (χ1n) is 8.88. The molecule has 2 N–H and O–H groups in total. The van der Waals surface area contributed by atoms with E-state index >= 15 is 0 Å². The van der Waals surface area contributed by atoms with Gasteiger partial charge in [-0.3, -0.25) is 0 Å². The number of aryl methyl sites for hydroxylation is 2. The number of benzene rings is 1. The molecule has 156 valence electrons. The van der Waals surface area contributed by atoms with Crippen molar-refractivity contribution in [3.05, 3.63) is 51.0 Å². The average Bonchev–Trinajstić information content (AvgIpc) is 2.92. The monoisotopic (exact) mass is 523 g/mol. The Morgan fingerprint density at radius 1 is 1.21 bits per heavy atom. The van der Waals surface area contributed by atoms with Crippen molar-refractivity contribution in [2.45, 2.75) is 33.4 Å². The standard InChI is InChI=1S/C19H27F2N5S.HI/c1-6-22-19(24-11-17-25-12(2)13(3)27-17)23-10-16(26(4)5)18-14(20)8-7-9-15(18)21;/h7-9,16H,6,10-11H2,1-5H3,(H2,22,23,24);1H. The molecule has 0 aliphatic carbocycles. The summed E-state index contributed by atoms with van der Waals surface area (Å²) in [6.45, 7) is 7.43. The number of nitrogens with one attached hydrogen (secondary N) is 2. The highest BCUT2D eigenvalue weighted by Crippen LogP contribution is 2.24. The van der Waals surface area contributed by atoms with Crippen LogP contribution in [0.15, 0.2) is 23.2 Å². The highest BCUT2D eigenvalue weighted by Gasteiger charge is 2.22. The SMILES string of the molecule is CCNC(=NCc1nc(C)c(C)s1)NCC(c1c(F)cccc1F)N(C)C.I. The number of nitrogens with zero attached hydrogens (tertiary/aromatic N) is 3. The molecule has 0 bridgehead atoms. The van der Waals surface area contributed by atoms with Crippen molar-refractivity contribution in [1.82, 2.24) is 20.5 Å². The third kappa shape index (κ3) is 6.63. The van der Waals surface area contributed by atoms with Crippen molar-refractivity contribution < 1.29 is 8.78 Å². The zero-order chi connectivity index (χ0) is 20.0. The van der Waals surface area contributed by atoms with Crippen molar-refractivity contribution >= 4 is 41.3 Å². The smallest absolute Gasteiger partial charge is 0.191 e. The molecule has 0 aliphatic rings. The first-order chi connectivity index (χ1) is 12.8. The van der Waals surface area contributed by atoms with E-state index in [4.69, 9.17) is 0 Å². The van der Waals surface area contributed by atoms with Crippen molar-refractivity contribution in [2.24, 2.45) is 4.99 Å². The lowest BCUT2D eigenvalue weighted by molar-refractivity contribution is 0.282. The lowest BCUT2D eigenvalue weighted by Gasteiger charge is -2.26. The lowest BCUT2D eigenvalue weighted by atomic mass is 10.0. The summed E-state index contributed by atoms with van der Waals surface area (Å²) in [4.78, 5) is 12.0. The Bertz CT molecular complexity index is 755. The lowest BCUT2D eigenvalue weighted by Crippen LogP contribution is -2.42. The molecule has 1 unspecified atom stereocenters. The van der Waals surface area contributed by atoms with E-state index in [-0.39, 0.29) is 29.5 Å². The number of halogens is 3. The average molecular weight is 523 g/mol. The van der Waals surface area contributed by atoms with Crippen LogP contribution in [0.2, 0.25) is 0 Å². The van der Waals surface area contributed by atoms with E-state index in [1.807, 2.05) is 20.8 Å². The number of hydrogen-bond acceptors (Lipinski definition) is 4.